The lowest BCUT2D eigenvalue weighted by Crippen LogP contribution is -2.43. The molecule has 0 radical (unpaired) electrons. The SMILES string of the molecule is COc1ccc([C@@H]2SCC(=O)N2CCN(C(=O)c2cccs2)C(C)C)cc1. The molecule has 2 heterocycles. The zero-order chi connectivity index (χ0) is 19.4. The van der Waals surface area contributed by atoms with Crippen LogP contribution in [0.4, 0.5) is 0 Å². The van der Waals surface area contributed by atoms with Crippen molar-refractivity contribution in [2.45, 2.75) is 25.3 Å². The maximum absolute atomic E-state index is 12.8. The Hall–Kier alpha value is -1.99. The van der Waals surface area contributed by atoms with Gasteiger partial charge in [-0.05, 0) is 43.0 Å². The summed E-state index contributed by atoms with van der Waals surface area (Å²) in [5.74, 6) is 1.41. The summed E-state index contributed by atoms with van der Waals surface area (Å²) in [5, 5.41) is 1.89. The molecule has 1 atom stereocenters. The highest BCUT2D eigenvalue weighted by molar-refractivity contribution is 8.00. The second-order valence-corrected chi connectivity index (χ2v) is 8.61. The van der Waals surface area contributed by atoms with Crippen molar-refractivity contribution in [3.63, 3.8) is 0 Å². The van der Waals surface area contributed by atoms with Crippen LogP contribution in [0.3, 0.4) is 0 Å². The Balaban J connectivity index is 1.71. The first-order chi connectivity index (χ1) is 13.0. The highest BCUT2D eigenvalue weighted by Gasteiger charge is 2.33. The van der Waals surface area contributed by atoms with Gasteiger partial charge in [-0.25, -0.2) is 0 Å². The lowest BCUT2D eigenvalue weighted by Gasteiger charge is -2.31. The molecule has 0 saturated carbocycles. The topological polar surface area (TPSA) is 49.9 Å². The summed E-state index contributed by atoms with van der Waals surface area (Å²) in [4.78, 5) is 29.7. The fraction of sp³-hybridized carbons (Fsp3) is 0.400. The molecule has 1 aliphatic heterocycles. The number of carbonyl (C=O) groups excluding carboxylic acids is 2. The smallest absolute Gasteiger partial charge is 0.264 e. The van der Waals surface area contributed by atoms with Gasteiger partial charge in [0.05, 0.1) is 17.7 Å². The molecule has 27 heavy (non-hydrogen) atoms. The number of amides is 2. The summed E-state index contributed by atoms with van der Waals surface area (Å²) in [7, 11) is 1.64. The van der Waals surface area contributed by atoms with E-state index in [9.17, 15) is 9.59 Å². The molecule has 0 aliphatic carbocycles. The summed E-state index contributed by atoms with van der Waals surface area (Å²) >= 11 is 3.07. The molecule has 2 amide bonds. The summed E-state index contributed by atoms with van der Waals surface area (Å²) in [6.07, 6.45) is 0. The van der Waals surface area contributed by atoms with Crippen LogP contribution in [0.1, 0.15) is 34.5 Å². The molecule has 3 rings (SSSR count). The Morgan fingerprint density at radius 2 is 2.04 bits per heavy atom. The van der Waals surface area contributed by atoms with Gasteiger partial charge in [0.15, 0.2) is 0 Å². The van der Waals surface area contributed by atoms with Gasteiger partial charge < -0.3 is 14.5 Å². The second kappa shape index (κ2) is 8.80. The van der Waals surface area contributed by atoms with Crippen LogP contribution in [-0.2, 0) is 4.79 Å². The van der Waals surface area contributed by atoms with Gasteiger partial charge in [-0.15, -0.1) is 23.1 Å². The van der Waals surface area contributed by atoms with Crippen LogP contribution < -0.4 is 4.74 Å². The quantitative estimate of drug-likeness (QED) is 0.703. The number of hydrogen-bond acceptors (Lipinski definition) is 5. The molecule has 2 aromatic rings. The molecule has 144 valence electrons. The highest BCUT2D eigenvalue weighted by Crippen LogP contribution is 2.38. The Kier molecular flexibility index (Phi) is 6.44. The first-order valence-corrected chi connectivity index (χ1v) is 10.8. The fourth-order valence-corrected chi connectivity index (χ4v) is 4.99. The monoisotopic (exact) mass is 404 g/mol. The zero-order valence-corrected chi connectivity index (χ0v) is 17.4. The summed E-state index contributed by atoms with van der Waals surface area (Å²) in [5.41, 5.74) is 1.08. The van der Waals surface area contributed by atoms with Gasteiger partial charge >= 0.3 is 0 Å². The van der Waals surface area contributed by atoms with Gasteiger partial charge in [-0.3, -0.25) is 9.59 Å². The largest absolute Gasteiger partial charge is 0.497 e. The van der Waals surface area contributed by atoms with E-state index in [0.717, 1.165) is 16.2 Å². The van der Waals surface area contributed by atoms with Crippen LogP contribution in [0.2, 0.25) is 0 Å². The Morgan fingerprint density at radius 3 is 2.63 bits per heavy atom. The van der Waals surface area contributed by atoms with E-state index in [1.807, 2.05) is 65.4 Å². The standard InChI is InChI=1S/C20H24N2O3S2/c1-14(2)21(19(24)17-5-4-12-26-17)10-11-22-18(23)13-27-20(22)15-6-8-16(25-3)9-7-15/h4-9,12,14,20H,10-11,13H2,1-3H3/t20-/m0/s1. The second-order valence-electron chi connectivity index (χ2n) is 6.59. The summed E-state index contributed by atoms with van der Waals surface area (Å²) in [6.45, 7) is 5.06. The van der Waals surface area contributed by atoms with Crippen LogP contribution in [-0.4, -0.2) is 53.6 Å². The lowest BCUT2D eigenvalue weighted by molar-refractivity contribution is -0.128. The number of rotatable bonds is 7. The molecule has 0 spiro atoms. The van der Waals surface area contributed by atoms with Crippen LogP contribution in [0, 0.1) is 0 Å². The number of carbonyl (C=O) groups is 2. The molecular weight excluding hydrogens is 380 g/mol. The Labute approximate surface area is 168 Å². The van der Waals surface area contributed by atoms with Gasteiger partial charge in [0.2, 0.25) is 5.91 Å². The molecule has 1 saturated heterocycles. The van der Waals surface area contributed by atoms with Gasteiger partial charge in [0.25, 0.3) is 5.91 Å². The maximum atomic E-state index is 12.8. The molecule has 1 aliphatic rings. The van der Waals surface area contributed by atoms with Crippen molar-refractivity contribution in [1.82, 2.24) is 9.80 Å². The minimum atomic E-state index is -0.0192. The number of methoxy groups -OCH3 is 1. The fourth-order valence-electron chi connectivity index (χ4n) is 3.09. The minimum Gasteiger partial charge on any atom is -0.497 e. The van der Waals surface area contributed by atoms with Crippen molar-refractivity contribution in [3.05, 3.63) is 52.2 Å². The van der Waals surface area contributed by atoms with E-state index >= 15 is 0 Å². The van der Waals surface area contributed by atoms with Crippen LogP contribution in [0.25, 0.3) is 0 Å². The van der Waals surface area contributed by atoms with Gasteiger partial charge in [0, 0.05) is 19.1 Å². The number of thiophene rings is 1. The van der Waals surface area contributed by atoms with Crippen molar-refractivity contribution < 1.29 is 14.3 Å². The van der Waals surface area contributed by atoms with E-state index in [-0.39, 0.29) is 23.2 Å². The molecule has 0 bridgehead atoms. The van der Waals surface area contributed by atoms with Crippen LogP contribution in [0.5, 0.6) is 5.75 Å². The molecular formula is C20H24N2O3S2. The summed E-state index contributed by atoms with van der Waals surface area (Å²) < 4.78 is 5.22. The number of benzene rings is 1. The lowest BCUT2D eigenvalue weighted by atomic mass is 10.2. The summed E-state index contributed by atoms with van der Waals surface area (Å²) in [6, 6.07) is 11.6. The van der Waals surface area contributed by atoms with E-state index in [1.165, 1.54) is 11.3 Å². The number of hydrogen-bond donors (Lipinski definition) is 0. The van der Waals surface area contributed by atoms with E-state index in [1.54, 1.807) is 18.9 Å². The van der Waals surface area contributed by atoms with Gasteiger partial charge in [-0.2, -0.15) is 0 Å². The third-order valence-corrected chi connectivity index (χ3v) is 6.68. The van der Waals surface area contributed by atoms with Gasteiger partial charge in [0.1, 0.15) is 11.1 Å². The zero-order valence-electron chi connectivity index (χ0n) is 15.8. The van der Waals surface area contributed by atoms with Crippen molar-refractivity contribution in [3.8, 4) is 5.75 Å². The molecule has 0 N–H and O–H groups in total. The molecule has 0 unspecified atom stereocenters. The minimum absolute atomic E-state index is 0.0192. The first kappa shape index (κ1) is 19.8. The maximum Gasteiger partial charge on any atom is 0.264 e. The van der Waals surface area contributed by atoms with Crippen molar-refractivity contribution >= 4 is 34.9 Å². The highest BCUT2D eigenvalue weighted by atomic mass is 32.2. The average molecular weight is 405 g/mol. The Bertz CT molecular complexity index is 775. The molecule has 1 aromatic carbocycles. The Morgan fingerprint density at radius 1 is 1.30 bits per heavy atom. The predicted molar refractivity (Wildman–Crippen MR) is 110 cm³/mol. The third-order valence-electron chi connectivity index (χ3n) is 4.57. The first-order valence-electron chi connectivity index (χ1n) is 8.90. The predicted octanol–water partition coefficient (Wildman–Crippen LogP) is 3.88. The van der Waals surface area contributed by atoms with E-state index in [0.29, 0.717) is 18.8 Å². The normalized spacial score (nSPS) is 16.8. The average Bonchev–Trinajstić information content (AvgIpc) is 3.32. The number of nitrogens with zero attached hydrogens (tertiary/aromatic N) is 2. The van der Waals surface area contributed by atoms with E-state index in [4.69, 9.17) is 4.74 Å². The van der Waals surface area contributed by atoms with Crippen LogP contribution in [0.15, 0.2) is 41.8 Å². The van der Waals surface area contributed by atoms with E-state index in [2.05, 4.69) is 0 Å². The molecule has 5 nitrogen and oxygen atoms in total. The molecule has 1 aromatic heterocycles. The van der Waals surface area contributed by atoms with Crippen molar-refractivity contribution in [2.24, 2.45) is 0 Å². The van der Waals surface area contributed by atoms with Gasteiger partial charge in [-0.1, -0.05) is 18.2 Å². The van der Waals surface area contributed by atoms with E-state index < -0.39 is 0 Å². The number of ether oxygens (including phenoxy) is 1. The van der Waals surface area contributed by atoms with Crippen molar-refractivity contribution in [2.75, 3.05) is 26.0 Å². The molecule has 7 heteroatoms. The molecule has 1 fully saturated rings. The van der Waals surface area contributed by atoms with Crippen LogP contribution >= 0.6 is 23.1 Å². The third kappa shape index (κ3) is 4.47. The number of thioether (sulfide) groups is 1. The van der Waals surface area contributed by atoms with Crippen molar-refractivity contribution in [1.29, 1.82) is 0 Å².